The van der Waals surface area contributed by atoms with E-state index in [2.05, 4.69) is 9.97 Å². The molecule has 0 saturated carbocycles. The molecule has 9 heteroatoms. The van der Waals surface area contributed by atoms with Crippen molar-refractivity contribution < 1.29 is 14.3 Å². The number of ether oxygens (including phenoxy) is 1. The van der Waals surface area contributed by atoms with Crippen molar-refractivity contribution >= 4 is 61.1 Å². The van der Waals surface area contributed by atoms with E-state index in [1.807, 2.05) is 12.1 Å². The molecular weight excluding hydrogens is 406 g/mol. The van der Waals surface area contributed by atoms with Gasteiger partial charge in [0, 0.05) is 19.3 Å². The van der Waals surface area contributed by atoms with Gasteiger partial charge in [-0.3, -0.25) is 19.5 Å². The van der Waals surface area contributed by atoms with Gasteiger partial charge in [0.1, 0.15) is 11.3 Å². The van der Waals surface area contributed by atoms with Crippen LogP contribution in [0.2, 0.25) is 5.02 Å². The first-order valence-electron chi connectivity index (χ1n) is 7.95. The molecule has 0 aliphatic carbocycles. The van der Waals surface area contributed by atoms with Gasteiger partial charge in [-0.25, -0.2) is 4.98 Å². The largest absolute Gasteiger partial charge is 0.494 e. The van der Waals surface area contributed by atoms with Gasteiger partial charge in [-0.15, -0.1) is 0 Å². The summed E-state index contributed by atoms with van der Waals surface area (Å²) >= 11 is 8.59. The van der Waals surface area contributed by atoms with Crippen molar-refractivity contribution in [2.24, 2.45) is 0 Å². The topological polar surface area (TPSA) is 72.4 Å². The smallest absolute Gasteiger partial charge is 0.239 e. The van der Waals surface area contributed by atoms with Gasteiger partial charge in [0.05, 0.1) is 29.1 Å². The van der Waals surface area contributed by atoms with Crippen molar-refractivity contribution in [3.8, 4) is 5.75 Å². The monoisotopic (exact) mass is 421 g/mol. The molecule has 140 valence electrons. The van der Waals surface area contributed by atoms with Gasteiger partial charge in [0.2, 0.25) is 5.91 Å². The maximum absolute atomic E-state index is 12.8. The van der Waals surface area contributed by atoms with Crippen LogP contribution in [-0.4, -0.2) is 33.9 Å². The van der Waals surface area contributed by atoms with E-state index in [0.29, 0.717) is 28.0 Å². The van der Waals surface area contributed by atoms with Crippen molar-refractivity contribution in [2.45, 2.75) is 13.5 Å². The predicted octanol–water partition coefficient (Wildman–Crippen LogP) is 4.17. The van der Waals surface area contributed by atoms with Crippen LogP contribution in [-0.2, 0) is 16.1 Å². The van der Waals surface area contributed by atoms with Crippen molar-refractivity contribution in [3.05, 3.63) is 47.2 Å². The third kappa shape index (κ3) is 4.58. The molecule has 0 saturated heterocycles. The number of halogens is 1. The highest BCUT2D eigenvalue weighted by molar-refractivity contribution is 8.14. The summed E-state index contributed by atoms with van der Waals surface area (Å²) in [5, 5.41) is 0.938. The third-order valence-corrected chi connectivity index (χ3v) is 6.02. The number of nitrogens with zero attached hydrogens (tertiary/aromatic N) is 3. The molecule has 3 aromatic rings. The molecule has 0 bridgehead atoms. The molecule has 6 nitrogen and oxygen atoms in total. The number of hydrogen-bond acceptors (Lipinski definition) is 7. The van der Waals surface area contributed by atoms with E-state index in [1.54, 1.807) is 36.5 Å². The molecule has 1 aromatic carbocycles. The molecule has 0 aliphatic heterocycles. The fraction of sp³-hybridized carbons (Fsp3) is 0.222. The number of thioether (sulfide) groups is 1. The van der Waals surface area contributed by atoms with E-state index in [4.69, 9.17) is 16.3 Å². The summed E-state index contributed by atoms with van der Waals surface area (Å²) < 4.78 is 6.11. The number of amides is 1. The Balaban J connectivity index is 2.01. The van der Waals surface area contributed by atoms with Crippen LogP contribution in [0.4, 0.5) is 5.13 Å². The highest BCUT2D eigenvalue weighted by Crippen LogP contribution is 2.39. The molecule has 0 aliphatic rings. The molecule has 3 rings (SSSR count). The van der Waals surface area contributed by atoms with Gasteiger partial charge in [0.25, 0.3) is 0 Å². The zero-order chi connectivity index (χ0) is 19.4. The number of carbonyl (C=O) groups is 2. The Morgan fingerprint density at radius 2 is 2.00 bits per heavy atom. The van der Waals surface area contributed by atoms with Gasteiger partial charge in [-0.2, -0.15) is 0 Å². The summed E-state index contributed by atoms with van der Waals surface area (Å²) in [5.41, 5.74) is 1.51. The highest BCUT2D eigenvalue weighted by atomic mass is 35.5. The number of anilines is 1. The Bertz CT molecular complexity index is 979. The van der Waals surface area contributed by atoms with E-state index in [0.717, 1.165) is 22.0 Å². The average molecular weight is 422 g/mol. The first kappa shape index (κ1) is 19.6. The number of hydrogen-bond donors (Lipinski definition) is 0. The van der Waals surface area contributed by atoms with Crippen molar-refractivity contribution in [1.82, 2.24) is 9.97 Å². The number of fused-ring (bicyclic) bond motifs is 1. The van der Waals surface area contributed by atoms with Crippen LogP contribution in [0.5, 0.6) is 5.75 Å². The Morgan fingerprint density at radius 3 is 2.67 bits per heavy atom. The van der Waals surface area contributed by atoms with Crippen molar-refractivity contribution in [3.63, 3.8) is 0 Å². The molecule has 27 heavy (non-hydrogen) atoms. The molecule has 2 aromatic heterocycles. The number of benzene rings is 1. The molecule has 0 spiro atoms. The summed E-state index contributed by atoms with van der Waals surface area (Å²) in [7, 11) is 1.56. The van der Waals surface area contributed by atoms with Crippen LogP contribution in [0.3, 0.4) is 0 Å². The lowest BCUT2D eigenvalue weighted by atomic mass is 10.2. The molecule has 0 atom stereocenters. The standard InChI is InChI=1S/C18H16ClN3O3S2/c1-11(23)26-10-15(24)22(9-12-5-7-20-8-6-12)18-21-16-14(25-2)4-3-13(19)17(16)27-18/h3-8H,9-10H2,1-2H3. The predicted molar refractivity (Wildman–Crippen MR) is 110 cm³/mol. The Kier molecular flexibility index (Phi) is 6.30. The van der Waals surface area contributed by atoms with Crippen molar-refractivity contribution in [1.29, 1.82) is 0 Å². The maximum Gasteiger partial charge on any atom is 0.239 e. The number of carbonyl (C=O) groups excluding carboxylic acids is 2. The van der Waals surface area contributed by atoms with E-state index >= 15 is 0 Å². The van der Waals surface area contributed by atoms with Gasteiger partial charge < -0.3 is 4.74 Å². The van der Waals surface area contributed by atoms with Gasteiger partial charge in [0.15, 0.2) is 10.2 Å². The second-order valence-electron chi connectivity index (χ2n) is 5.54. The zero-order valence-electron chi connectivity index (χ0n) is 14.6. The van der Waals surface area contributed by atoms with Gasteiger partial charge in [-0.1, -0.05) is 34.7 Å². The Labute approximate surface area is 169 Å². The second kappa shape index (κ2) is 8.69. The number of pyridine rings is 1. The molecule has 1 amide bonds. The lowest BCUT2D eigenvalue weighted by molar-refractivity contribution is -0.116. The number of aromatic nitrogens is 2. The minimum Gasteiger partial charge on any atom is -0.494 e. The number of methoxy groups -OCH3 is 1. The molecule has 0 radical (unpaired) electrons. The Hall–Kier alpha value is -2.16. The summed E-state index contributed by atoms with van der Waals surface area (Å²) in [6.07, 6.45) is 3.33. The quantitative estimate of drug-likeness (QED) is 0.594. The van der Waals surface area contributed by atoms with Crippen molar-refractivity contribution in [2.75, 3.05) is 17.8 Å². The summed E-state index contributed by atoms with van der Waals surface area (Å²) in [5.74, 6) is 0.425. The minimum atomic E-state index is -0.207. The minimum absolute atomic E-state index is 0.0429. The van der Waals surface area contributed by atoms with Crippen LogP contribution in [0, 0.1) is 0 Å². The van der Waals surface area contributed by atoms with Crippen LogP contribution in [0.1, 0.15) is 12.5 Å². The van der Waals surface area contributed by atoms with E-state index in [-0.39, 0.29) is 16.8 Å². The van der Waals surface area contributed by atoms with Crippen LogP contribution in [0.15, 0.2) is 36.7 Å². The third-order valence-electron chi connectivity index (χ3n) is 3.69. The lowest BCUT2D eigenvalue weighted by Crippen LogP contribution is -2.32. The first-order valence-corrected chi connectivity index (χ1v) is 10.1. The zero-order valence-corrected chi connectivity index (χ0v) is 17.0. The highest BCUT2D eigenvalue weighted by Gasteiger charge is 2.22. The van der Waals surface area contributed by atoms with E-state index < -0.39 is 0 Å². The van der Waals surface area contributed by atoms with Gasteiger partial charge >= 0.3 is 0 Å². The maximum atomic E-state index is 12.8. The fourth-order valence-corrected chi connectivity index (χ4v) is 4.15. The number of rotatable bonds is 6. The number of thiazole rings is 1. The van der Waals surface area contributed by atoms with E-state index in [9.17, 15) is 9.59 Å². The Morgan fingerprint density at radius 1 is 1.26 bits per heavy atom. The van der Waals surface area contributed by atoms with E-state index in [1.165, 1.54) is 18.3 Å². The molecular formula is C18H16ClN3O3S2. The van der Waals surface area contributed by atoms with Crippen LogP contribution < -0.4 is 9.64 Å². The summed E-state index contributed by atoms with van der Waals surface area (Å²) in [6.45, 7) is 1.76. The normalized spacial score (nSPS) is 10.8. The molecule has 0 N–H and O–H groups in total. The SMILES string of the molecule is COc1ccc(Cl)c2sc(N(Cc3ccncc3)C(=O)CSC(C)=O)nc12. The summed E-state index contributed by atoms with van der Waals surface area (Å²) in [4.78, 5) is 34.2. The molecule has 2 heterocycles. The fourth-order valence-electron chi connectivity index (χ4n) is 2.40. The molecule has 0 unspecified atom stereocenters. The van der Waals surface area contributed by atoms with Crippen LogP contribution >= 0.6 is 34.7 Å². The molecule has 0 fully saturated rings. The lowest BCUT2D eigenvalue weighted by Gasteiger charge is -2.19. The summed E-state index contributed by atoms with van der Waals surface area (Å²) in [6, 6.07) is 7.15. The first-order chi connectivity index (χ1) is 13.0. The van der Waals surface area contributed by atoms with Gasteiger partial charge in [-0.05, 0) is 29.8 Å². The second-order valence-corrected chi connectivity index (χ2v) is 8.08. The average Bonchev–Trinajstić information content (AvgIpc) is 3.11. The van der Waals surface area contributed by atoms with Crippen LogP contribution in [0.25, 0.3) is 10.2 Å².